The molecule has 16 heavy (non-hydrogen) atoms. The van der Waals surface area contributed by atoms with Crippen molar-refractivity contribution in [1.82, 2.24) is 15.0 Å². The van der Waals surface area contributed by atoms with E-state index in [2.05, 4.69) is 20.3 Å². The van der Waals surface area contributed by atoms with Gasteiger partial charge in [0.15, 0.2) is 0 Å². The van der Waals surface area contributed by atoms with Crippen LogP contribution in [0.1, 0.15) is 5.01 Å². The maximum absolute atomic E-state index is 5.53. The Bertz CT molecular complexity index is 459. The molecule has 0 radical (unpaired) electrons. The Hall–Kier alpha value is -1.89. The fourth-order valence-corrected chi connectivity index (χ4v) is 1.70. The van der Waals surface area contributed by atoms with Crippen LogP contribution in [0.25, 0.3) is 0 Å². The monoisotopic (exact) mass is 237 g/mol. The average Bonchev–Trinajstić information content (AvgIpc) is 2.78. The van der Waals surface area contributed by atoms with E-state index in [0.29, 0.717) is 18.2 Å². The van der Waals surface area contributed by atoms with Gasteiger partial charge in [0, 0.05) is 17.6 Å². The molecule has 0 aliphatic rings. The Morgan fingerprint density at radius 2 is 2.38 bits per heavy atom. The van der Waals surface area contributed by atoms with E-state index in [1.54, 1.807) is 23.6 Å². The molecule has 0 saturated heterocycles. The zero-order chi connectivity index (χ0) is 11.4. The summed E-state index contributed by atoms with van der Waals surface area (Å²) >= 11 is 1.58. The number of nitrogen functional groups attached to an aromatic ring is 1. The Kier molecular flexibility index (Phi) is 3.16. The van der Waals surface area contributed by atoms with Crippen LogP contribution in [-0.4, -0.2) is 22.1 Å². The Balaban J connectivity index is 2.06. The van der Waals surface area contributed by atoms with Gasteiger partial charge in [-0.2, -0.15) is 9.97 Å². The number of aromatic nitrogens is 3. The second kappa shape index (κ2) is 4.75. The van der Waals surface area contributed by atoms with Gasteiger partial charge in [0.05, 0.1) is 13.7 Å². The predicted octanol–water partition coefficient (Wildman–Crippen LogP) is 1.14. The molecule has 84 valence electrons. The van der Waals surface area contributed by atoms with Crippen LogP contribution >= 0.6 is 11.3 Å². The second-order valence-electron chi connectivity index (χ2n) is 2.93. The fraction of sp³-hybridized carbons (Fsp3) is 0.222. The van der Waals surface area contributed by atoms with Crippen molar-refractivity contribution in [2.45, 2.75) is 6.54 Å². The average molecular weight is 237 g/mol. The van der Waals surface area contributed by atoms with Gasteiger partial charge < -0.3 is 15.8 Å². The Labute approximate surface area is 96.5 Å². The van der Waals surface area contributed by atoms with Crippen LogP contribution in [0, 0.1) is 0 Å². The van der Waals surface area contributed by atoms with Gasteiger partial charge in [0.25, 0.3) is 0 Å². The molecule has 0 aliphatic carbocycles. The number of nitrogens with zero attached hydrogens (tertiary/aromatic N) is 3. The molecule has 2 rings (SSSR count). The van der Waals surface area contributed by atoms with Gasteiger partial charge >= 0.3 is 0 Å². The summed E-state index contributed by atoms with van der Waals surface area (Å²) in [7, 11) is 1.53. The number of hydrogen-bond acceptors (Lipinski definition) is 7. The van der Waals surface area contributed by atoms with Crippen molar-refractivity contribution >= 4 is 23.1 Å². The number of nitrogens with one attached hydrogen (secondary N) is 1. The lowest BCUT2D eigenvalue weighted by Gasteiger charge is -2.05. The second-order valence-corrected chi connectivity index (χ2v) is 3.91. The van der Waals surface area contributed by atoms with Gasteiger partial charge in [0.1, 0.15) is 10.8 Å². The van der Waals surface area contributed by atoms with Crippen LogP contribution < -0.4 is 15.8 Å². The standard InChI is InChI=1S/C9H11N5OS/c1-15-7-4-6(13-9(10)14-7)12-5-8-11-2-3-16-8/h2-4H,5H2,1H3,(H3,10,12,13,14). The molecule has 0 amide bonds. The number of hydrogen-bond donors (Lipinski definition) is 2. The highest BCUT2D eigenvalue weighted by Gasteiger charge is 2.02. The zero-order valence-corrected chi connectivity index (χ0v) is 9.49. The highest BCUT2D eigenvalue weighted by molar-refractivity contribution is 7.09. The summed E-state index contributed by atoms with van der Waals surface area (Å²) in [6, 6.07) is 1.68. The van der Waals surface area contributed by atoms with E-state index in [-0.39, 0.29) is 5.95 Å². The van der Waals surface area contributed by atoms with Gasteiger partial charge in [-0.05, 0) is 0 Å². The van der Waals surface area contributed by atoms with Gasteiger partial charge in [-0.1, -0.05) is 0 Å². The van der Waals surface area contributed by atoms with Crippen molar-refractivity contribution < 1.29 is 4.74 Å². The number of rotatable bonds is 4. The van der Waals surface area contributed by atoms with E-state index in [9.17, 15) is 0 Å². The number of methoxy groups -OCH3 is 1. The summed E-state index contributed by atoms with van der Waals surface area (Å²) < 4.78 is 4.99. The SMILES string of the molecule is COc1cc(NCc2nccs2)nc(N)n1. The third-order valence-corrected chi connectivity index (χ3v) is 2.61. The minimum Gasteiger partial charge on any atom is -0.481 e. The van der Waals surface area contributed by atoms with E-state index in [1.165, 1.54) is 7.11 Å². The predicted molar refractivity (Wildman–Crippen MR) is 62.4 cm³/mol. The van der Waals surface area contributed by atoms with Crippen molar-refractivity contribution in [2.75, 3.05) is 18.2 Å². The van der Waals surface area contributed by atoms with Crippen molar-refractivity contribution in [2.24, 2.45) is 0 Å². The van der Waals surface area contributed by atoms with Crippen molar-refractivity contribution in [3.05, 3.63) is 22.7 Å². The smallest absolute Gasteiger partial charge is 0.225 e. The summed E-state index contributed by atoms with van der Waals surface area (Å²) in [4.78, 5) is 12.1. The van der Waals surface area contributed by atoms with E-state index >= 15 is 0 Å². The molecular weight excluding hydrogens is 226 g/mol. The maximum Gasteiger partial charge on any atom is 0.225 e. The Morgan fingerprint density at radius 3 is 3.06 bits per heavy atom. The zero-order valence-electron chi connectivity index (χ0n) is 8.67. The minimum atomic E-state index is 0.181. The lowest BCUT2D eigenvalue weighted by molar-refractivity contribution is 0.398. The molecule has 0 unspecified atom stereocenters. The molecule has 0 spiro atoms. The molecule has 2 heterocycles. The summed E-state index contributed by atoms with van der Waals surface area (Å²) in [5.74, 6) is 1.25. The number of thiazole rings is 1. The van der Waals surface area contributed by atoms with Crippen LogP contribution in [0.4, 0.5) is 11.8 Å². The molecule has 0 saturated carbocycles. The van der Waals surface area contributed by atoms with Crippen LogP contribution in [0.2, 0.25) is 0 Å². The summed E-state index contributed by atoms with van der Waals surface area (Å²) in [5.41, 5.74) is 5.53. The summed E-state index contributed by atoms with van der Waals surface area (Å²) in [5, 5.41) is 6.00. The fourth-order valence-electron chi connectivity index (χ4n) is 1.14. The molecule has 2 aromatic heterocycles. The third-order valence-electron chi connectivity index (χ3n) is 1.83. The molecule has 7 heteroatoms. The van der Waals surface area contributed by atoms with Crippen LogP contribution in [-0.2, 0) is 6.54 Å². The molecular formula is C9H11N5OS. The van der Waals surface area contributed by atoms with Gasteiger partial charge in [-0.15, -0.1) is 11.3 Å². The molecule has 0 bridgehead atoms. The molecule has 0 aromatic carbocycles. The van der Waals surface area contributed by atoms with Gasteiger partial charge in [-0.3, -0.25) is 0 Å². The van der Waals surface area contributed by atoms with Crippen LogP contribution in [0.5, 0.6) is 5.88 Å². The molecule has 0 fully saturated rings. The Morgan fingerprint density at radius 1 is 1.50 bits per heavy atom. The van der Waals surface area contributed by atoms with Crippen LogP contribution in [0.15, 0.2) is 17.6 Å². The first-order valence-electron chi connectivity index (χ1n) is 4.58. The topological polar surface area (TPSA) is 86.0 Å². The lowest BCUT2D eigenvalue weighted by Crippen LogP contribution is -2.05. The molecule has 6 nitrogen and oxygen atoms in total. The third kappa shape index (κ3) is 2.57. The van der Waals surface area contributed by atoms with E-state index in [4.69, 9.17) is 10.5 Å². The summed E-state index contributed by atoms with van der Waals surface area (Å²) in [6.07, 6.45) is 1.76. The lowest BCUT2D eigenvalue weighted by atomic mass is 10.5. The van der Waals surface area contributed by atoms with Gasteiger partial charge in [-0.25, -0.2) is 4.98 Å². The molecule has 2 aromatic rings. The van der Waals surface area contributed by atoms with E-state index < -0.39 is 0 Å². The first-order valence-corrected chi connectivity index (χ1v) is 5.46. The van der Waals surface area contributed by atoms with Crippen molar-refractivity contribution in [3.8, 4) is 5.88 Å². The number of ether oxygens (including phenoxy) is 1. The molecule has 3 N–H and O–H groups in total. The first kappa shape index (κ1) is 10.6. The highest BCUT2D eigenvalue weighted by Crippen LogP contribution is 2.15. The number of anilines is 2. The summed E-state index contributed by atoms with van der Waals surface area (Å²) in [6.45, 7) is 0.608. The largest absolute Gasteiger partial charge is 0.481 e. The number of nitrogens with two attached hydrogens (primary N) is 1. The quantitative estimate of drug-likeness (QED) is 0.829. The molecule has 0 atom stereocenters. The van der Waals surface area contributed by atoms with E-state index in [0.717, 1.165) is 5.01 Å². The normalized spacial score (nSPS) is 10.1. The highest BCUT2D eigenvalue weighted by atomic mass is 32.1. The minimum absolute atomic E-state index is 0.181. The first-order chi connectivity index (χ1) is 7.78. The maximum atomic E-state index is 5.53. The van der Waals surface area contributed by atoms with Crippen molar-refractivity contribution in [1.29, 1.82) is 0 Å². The van der Waals surface area contributed by atoms with Crippen LogP contribution in [0.3, 0.4) is 0 Å². The molecule has 0 aliphatic heterocycles. The van der Waals surface area contributed by atoms with Gasteiger partial charge in [0.2, 0.25) is 11.8 Å². The van der Waals surface area contributed by atoms with Crippen molar-refractivity contribution in [3.63, 3.8) is 0 Å². The van der Waals surface area contributed by atoms with E-state index in [1.807, 2.05) is 5.38 Å².